The molecule has 35 heavy (non-hydrogen) atoms. The van der Waals surface area contributed by atoms with Gasteiger partial charge < -0.3 is 19.8 Å². The van der Waals surface area contributed by atoms with E-state index in [0.29, 0.717) is 24.3 Å². The first-order valence-corrected chi connectivity index (χ1v) is 12.4. The summed E-state index contributed by atoms with van der Waals surface area (Å²) in [5.41, 5.74) is 4.36. The summed E-state index contributed by atoms with van der Waals surface area (Å²) in [6, 6.07) is 11.9. The van der Waals surface area contributed by atoms with Crippen LogP contribution in [-0.2, 0) is 16.0 Å². The Morgan fingerprint density at radius 3 is 2.46 bits per heavy atom. The molecule has 0 saturated carbocycles. The topological polar surface area (TPSA) is 80.4 Å². The van der Waals surface area contributed by atoms with Crippen LogP contribution in [0.15, 0.2) is 42.6 Å². The van der Waals surface area contributed by atoms with E-state index < -0.39 is 5.41 Å². The van der Waals surface area contributed by atoms with Gasteiger partial charge >= 0.3 is 5.97 Å². The van der Waals surface area contributed by atoms with Crippen LogP contribution in [0.25, 0.3) is 10.9 Å². The highest BCUT2D eigenvalue weighted by Gasteiger charge is 2.28. The summed E-state index contributed by atoms with van der Waals surface area (Å²) >= 11 is 0. The Labute approximate surface area is 208 Å². The Balaban J connectivity index is 2.01. The molecular formula is C29H38N2O4. The molecule has 3 aromatic rings. The number of hydrogen-bond donors (Lipinski definition) is 2. The second-order valence-electron chi connectivity index (χ2n) is 9.73. The van der Waals surface area contributed by atoms with Gasteiger partial charge in [-0.3, -0.25) is 4.79 Å². The molecule has 3 rings (SSSR count). The van der Waals surface area contributed by atoms with Crippen LogP contribution >= 0.6 is 0 Å². The molecule has 0 aliphatic heterocycles. The van der Waals surface area contributed by atoms with E-state index in [1.54, 1.807) is 19.2 Å². The Bertz CT molecular complexity index is 1180. The van der Waals surface area contributed by atoms with Gasteiger partial charge in [-0.2, -0.15) is 0 Å². The molecule has 1 aromatic heterocycles. The van der Waals surface area contributed by atoms with Crippen LogP contribution in [0, 0.1) is 5.41 Å². The van der Waals surface area contributed by atoms with Crippen molar-refractivity contribution in [2.45, 2.75) is 59.3 Å². The average molecular weight is 479 g/mol. The van der Waals surface area contributed by atoms with Gasteiger partial charge in [0.2, 0.25) is 5.91 Å². The first kappa shape index (κ1) is 26.3. The number of carbonyl (C=O) groups excluding carboxylic acids is 2. The zero-order chi connectivity index (χ0) is 25.6. The lowest BCUT2D eigenvalue weighted by Gasteiger charge is -2.24. The first-order valence-electron chi connectivity index (χ1n) is 12.4. The van der Waals surface area contributed by atoms with Crippen LogP contribution < -0.4 is 10.1 Å². The fourth-order valence-electron chi connectivity index (χ4n) is 4.67. The minimum atomic E-state index is -0.505. The van der Waals surface area contributed by atoms with Gasteiger partial charge in [0.25, 0.3) is 0 Å². The molecule has 2 aromatic carbocycles. The van der Waals surface area contributed by atoms with Crippen molar-refractivity contribution in [3.05, 3.63) is 64.8 Å². The number of hydrogen-bond acceptors (Lipinski definition) is 4. The van der Waals surface area contributed by atoms with Gasteiger partial charge in [0.15, 0.2) is 0 Å². The molecule has 188 valence electrons. The van der Waals surface area contributed by atoms with Crippen molar-refractivity contribution in [2.24, 2.45) is 5.41 Å². The predicted molar refractivity (Wildman–Crippen MR) is 140 cm³/mol. The number of carbonyl (C=O) groups is 2. The normalized spacial score (nSPS) is 12.4. The number of H-pyrrole nitrogens is 1. The zero-order valence-electron chi connectivity index (χ0n) is 21.8. The van der Waals surface area contributed by atoms with Crippen LogP contribution in [0.5, 0.6) is 5.75 Å². The lowest BCUT2D eigenvalue weighted by atomic mass is 9.83. The highest BCUT2D eigenvalue weighted by Crippen LogP contribution is 2.39. The van der Waals surface area contributed by atoms with Crippen molar-refractivity contribution in [2.75, 3.05) is 20.8 Å². The molecular weight excluding hydrogens is 440 g/mol. The molecule has 1 unspecified atom stereocenters. The van der Waals surface area contributed by atoms with Gasteiger partial charge in [-0.1, -0.05) is 46.2 Å². The third-order valence-electron chi connectivity index (χ3n) is 6.56. The molecule has 0 bridgehead atoms. The number of amides is 1. The highest BCUT2D eigenvalue weighted by molar-refractivity contribution is 5.90. The molecule has 2 N–H and O–H groups in total. The lowest BCUT2D eigenvalue weighted by molar-refractivity contribution is -0.129. The molecule has 6 nitrogen and oxygen atoms in total. The molecule has 0 aliphatic rings. The maximum absolute atomic E-state index is 12.7. The molecule has 1 atom stereocenters. The lowest BCUT2D eigenvalue weighted by Crippen LogP contribution is -2.38. The fraction of sp³-hybridized carbons (Fsp3) is 0.448. The number of rotatable bonds is 11. The summed E-state index contributed by atoms with van der Waals surface area (Å²) in [7, 11) is 3.00. The number of aromatic nitrogens is 1. The molecule has 0 saturated heterocycles. The Hall–Kier alpha value is -3.28. The van der Waals surface area contributed by atoms with Crippen LogP contribution in [0.1, 0.15) is 79.9 Å². The van der Waals surface area contributed by atoms with Crippen LogP contribution in [0.4, 0.5) is 0 Å². The van der Waals surface area contributed by atoms with Gasteiger partial charge in [-0.15, -0.1) is 0 Å². The molecule has 0 spiro atoms. The van der Waals surface area contributed by atoms with E-state index in [2.05, 4.69) is 48.5 Å². The van der Waals surface area contributed by atoms with E-state index in [4.69, 9.17) is 9.47 Å². The van der Waals surface area contributed by atoms with Crippen molar-refractivity contribution in [1.29, 1.82) is 0 Å². The van der Waals surface area contributed by atoms with Crippen LogP contribution in [0.2, 0.25) is 0 Å². The molecule has 1 amide bonds. The van der Waals surface area contributed by atoms with E-state index in [0.717, 1.165) is 41.3 Å². The number of benzene rings is 2. The maximum atomic E-state index is 12.7. The summed E-state index contributed by atoms with van der Waals surface area (Å²) in [4.78, 5) is 28.1. The standard InChI is InChI=1S/C29H38N2O4/c1-7-9-21(22-12-11-20(27(32)35-6)16-26(22)34-5)24-18-31-25-13-10-19(15-23(24)25)17-29(3,4)28(33)30-14-8-2/h10-13,15-16,18,21,31H,7-9,14,17H2,1-6H3,(H,30,33). The summed E-state index contributed by atoms with van der Waals surface area (Å²) in [6.07, 6.45) is 5.56. The van der Waals surface area contributed by atoms with Crippen molar-refractivity contribution in [3.8, 4) is 5.75 Å². The second-order valence-corrected chi connectivity index (χ2v) is 9.73. The Kier molecular flexibility index (Phi) is 8.60. The number of fused-ring (bicyclic) bond motifs is 1. The number of nitrogens with one attached hydrogen (secondary N) is 2. The fourth-order valence-corrected chi connectivity index (χ4v) is 4.67. The third kappa shape index (κ3) is 5.87. The predicted octanol–water partition coefficient (Wildman–Crippen LogP) is 5.99. The van der Waals surface area contributed by atoms with Gasteiger partial charge in [-0.25, -0.2) is 4.79 Å². The van der Waals surface area contributed by atoms with Gasteiger partial charge in [0.05, 0.1) is 19.8 Å². The summed E-state index contributed by atoms with van der Waals surface area (Å²) in [5, 5.41) is 4.17. The quantitative estimate of drug-likeness (QED) is 0.332. The Morgan fingerprint density at radius 1 is 1.03 bits per heavy atom. The van der Waals surface area contributed by atoms with Crippen molar-refractivity contribution < 1.29 is 19.1 Å². The van der Waals surface area contributed by atoms with E-state index in [1.165, 1.54) is 12.7 Å². The Morgan fingerprint density at radius 2 is 1.80 bits per heavy atom. The first-order chi connectivity index (χ1) is 16.7. The number of esters is 1. The molecule has 0 fully saturated rings. The second kappa shape index (κ2) is 11.4. The zero-order valence-corrected chi connectivity index (χ0v) is 21.8. The third-order valence-corrected chi connectivity index (χ3v) is 6.56. The van der Waals surface area contributed by atoms with Crippen molar-refractivity contribution in [1.82, 2.24) is 10.3 Å². The molecule has 0 radical (unpaired) electrons. The molecule has 0 aliphatic carbocycles. The SMILES string of the molecule is CCCNC(=O)C(C)(C)Cc1ccc2[nH]cc(C(CCC)c3ccc(C(=O)OC)cc3OC)c2c1. The van der Waals surface area contributed by atoms with Gasteiger partial charge in [-0.05, 0) is 54.7 Å². The van der Waals surface area contributed by atoms with E-state index in [1.807, 2.05) is 19.9 Å². The summed E-state index contributed by atoms with van der Waals surface area (Å²) in [6.45, 7) is 8.90. The maximum Gasteiger partial charge on any atom is 0.337 e. The minimum Gasteiger partial charge on any atom is -0.496 e. The smallest absolute Gasteiger partial charge is 0.337 e. The van der Waals surface area contributed by atoms with E-state index in [-0.39, 0.29) is 17.8 Å². The van der Waals surface area contributed by atoms with Crippen LogP contribution in [0.3, 0.4) is 0 Å². The van der Waals surface area contributed by atoms with Crippen molar-refractivity contribution >= 4 is 22.8 Å². The van der Waals surface area contributed by atoms with E-state index in [9.17, 15) is 9.59 Å². The monoisotopic (exact) mass is 478 g/mol. The summed E-state index contributed by atoms with van der Waals surface area (Å²) < 4.78 is 10.6. The molecule has 6 heteroatoms. The average Bonchev–Trinajstić information content (AvgIpc) is 3.27. The number of ether oxygens (including phenoxy) is 2. The number of aromatic amines is 1. The molecule has 1 heterocycles. The number of methoxy groups -OCH3 is 2. The summed E-state index contributed by atoms with van der Waals surface area (Å²) in [5.74, 6) is 0.453. The van der Waals surface area contributed by atoms with Gasteiger partial charge in [0, 0.05) is 40.5 Å². The van der Waals surface area contributed by atoms with E-state index >= 15 is 0 Å². The van der Waals surface area contributed by atoms with Gasteiger partial charge in [0.1, 0.15) is 5.75 Å². The minimum absolute atomic E-state index is 0.0769. The van der Waals surface area contributed by atoms with Crippen molar-refractivity contribution in [3.63, 3.8) is 0 Å². The van der Waals surface area contributed by atoms with Crippen LogP contribution in [-0.4, -0.2) is 37.6 Å². The largest absolute Gasteiger partial charge is 0.496 e. The highest BCUT2D eigenvalue weighted by atomic mass is 16.5.